The molecule has 0 spiro atoms. The average molecular weight is 213 g/mol. The van der Waals surface area contributed by atoms with Gasteiger partial charge in [0.1, 0.15) is 0 Å². The minimum atomic E-state index is -0.0110. The van der Waals surface area contributed by atoms with E-state index in [1.165, 1.54) is 0 Å². The van der Waals surface area contributed by atoms with Crippen LogP contribution in [0.15, 0.2) is 0 Å². The first kappa shape index (κ1) is 12.5. The summed E-state index contributed by atoms with van der Waals surface area (Å²) in [5.41, 5.74) is 5.66. The zero-order valence-corrected chi connectivity index (χ0v) is 9.83. The highest BCUT2D eigenvalue weighted by atomic mass is 16.2. The molecule has 15 heavy (non-hydrogen) atoms. The highest BCUT2D eigenvalue weighted by Gasteiger charge is 2.25. The topological polar surface area (TPSA) is 58.4 Å². The number of rotatable bonds is 3. The Balaban J connectivity index is 2.55. The third kappa shape index (κ3) is 3.47. The van der Waals surface area contributed by atoms with Gasteiger partial charge in [0.25, 0.3) is 0 Å². The van der Waals surface area contributed by atoms with E-state index in [2.05, 4.69) is 19.2 Å². The molecular weight excluding hydrogens is 190 g/mol. The summed E-state index contributed by atoms with van der Waals surface area (Å²) in [4.78, 5) is 14.1. The molecule has 1 aliphatic rings. The first-order valence-corrected chi connectivity index (χ1v) is 5.86. The standard InChI is InChI=1S/C11H23N3O/c1-9(2)10(8-12)11(15)14-6-3-4-13-5-7-14/h9-10,13H,3-8,12H2,1-2H3. The van der Waals surface area contributed by atoms with Gasteiger partial charge in [-0.1, -0.05) is 13.8 Å². The molecule has 0 aromatic carbocycles. The SMILES string of the molecule is CC(C)C(CN)C(=O)N1CCCNCC1. The Morgan fingerprint density at radius 2 is 2.13 bits per heavy atom. The summed E-state index contributed by atoms with van der Waals surface area (Å²) in [6, 6.07) is 0. The van der Waals surface area contributed by atoms with Crippen LogP contribution in [0, 0.1) is 11.8 Å². The van der Waals surface area contributed by atoms with E-state index < -0.39 is 0 Å². The maximum Gasteiger partial charge on any atom is 0.227 e. The van der Waals surface area contributed by atoms with Crippen LogP contribution in [0.5, 0.6) is 0 Å². The molecule has 3 N–H and O–H groups in total. The fraction of sp³-hybridized carbons (Fsp3) is 0.909. The minimum Gasteiger partial charge on any atom is -0.341 e. The van der Waals surface area contributed by atoms with Crippen LogP contribution in [0.1, 0.15) is 20.3 Å². The number of carbonyl (C=O) groups is 1. The van der Waals surface area contributed by atoms with Crippen molar-refractivity contribution in [3.63, 3.8) is 0 Å². The first-order chi connectivity index (χ1) is 7.16. The van der Waals surface area contributed by atoms with E-state index in [1.807, 2.05) is 4.90 Å². The van der Waals surface area contributed by atoms with Gasteiger partial charge in [-0.2, -0.15) is 0 Å². The molecule has 4 heteroatoms. The Hall–Kier alpha value is -0.610. The number of nitrogens with zero attached hydrogens (tertiary/aromatic N) is 1. The molecular formula is C11H23N3O. The van der Waals surface area contributed by atoms with Gasteiger partial charge in [0.05, 0.1) is 5.92 Å². The van der Waals surface area contributed by atoms with Crippen molar-refractivity contribution in [3.8, 4) is 0 Å². The van der Waals surface area contributed by atoms with E-state index in [0.717, 1.165) is 32.6 Å². The van der Waals surface area contributed by atoms with Gasteiger partial charge < -0.3 is 16.0 Å². The molecule has 1 heterocycles. The fourth-order valence-electron chi connectivity index (χ4n) is 1.96. The lowest BCUT2D eigenvalue weighted by Crippen LogP contribution is -2.42. The van der Waals surface area contributed by atoms with Gasteiger partial charge in [0.15, 0.2) is 0 Å². The second-order valence-corrected chi connectivity index (χ2v) is 4.52. The monoisotopic (exact) mass is 213 g/mol. The maximum absolute atomic E-state index is 12.1. The Bertz CT molecular complexity index is 198. The van der Waals surface area contributed by atoms with Crippen molar-refractivity contribution in [2.75, 3.05) is 32.7 Å². The van der Waals surface area contributed by atoms with Crippen molar-refractivity contribution < 1.29 is 4.79 Å². The summed E-state index contributed by atoms with van der Waals surface area (Å²) in [7, 11) is 0. The van der Waals surface area contributed by atoms with Crippen molar-refractivity contribution >= 4 is 5.91 Å². The second-order valence-electron chi connectivity index (χ2n) is 4.52. The lowest BCUT2D eigenvalue weighted by Gasteiger charge is -2.27. The lowest BCUT2D eigenvalue weighted by atomic mass is 9.94. The summed E-state index contributed by atoms with van der Waals surface area (Å²) < 4.78 is 0. The Morgan fingerprint density at radius 3 is 2.73 bits per heavy atom. The van der Waals surface area contributed by atoms with E-state index >= 15 is 0 Å². The fourth-order valence-corrected chi connectivity index (χ4v) is 1.96. The summed E-state index contributed by atoms with van der Waals surface area (Å²) >= 11 is 0. The van der Waals surface area contributed by atoms with E-state index in [0.29, 0.717) is 12.5 Å². The molecule has 1 saturated heterocycles. The molecule has 4 nitrogen and oxygen atoms in total. The number of nitrogens with one attached hydrogen (secondary N) is 1. The van der Waals surface area contributed by atoms with Crippen LogP contribution in [-0.4, -0.2) is 43.5 Å². The van der Waals surface area contributed by atoms with E-state index in [4.69, 9.17) is 5.73 Å². The van der Waals surface area contributed by atoms with Gasteiger partial charge in [-0.15, -0.1) is 0 Å². The molecule has 1 aliphatic heterocycles. The normalized spacial score (nSPS) is 20.1. The zero-order valence-electron chi connectivity index (χ0n) is 9.83. The minimum absolute atomic E-state index is 0.0110. The van der Waals surface area contributed by atoms with Crippen molar-refractivity contribution in [3.05, 3.63) is 0 Å². The maximum atomic E-state index is 12.1. The van der Waals surface area contributed by atoms with Crippen LogP contribution >= 0.6 is 0 Å². The third-order valence-electron chi connectivity index (χ3n) is 3.03. The van der Waals surface area contributed by atoms with Gasteiger partial charge in [-0.25, -0.2) is 0 Å². The van der Waals surface area contributed by atoms with Crippen LogP contribution in [0.3, 0.4) is 0 Å². The van der Waals surface area contributed by atoms with Crippen molar-refractivity contribution in [1.82, 2.24) is 10.2 Å². The molecule has 0 aliphatic carbocycles. The van der Waals surface area contributed by atoms with Crippen LogP contribution in [-0.2, 0) is 4.79 Å². The first-order valence-electron chi connectivity index (χ1n) is 5.86. The summed E-state index contributed by atoms with van der Waals surface area (Å²) in [6.07, 6.45) is 1.04. The molecule has 1 atom stereocenters. The van der Waals surface area contributed by atoms with Gasteiger partial charge in [-0.3, -0.25) is 4.79 Å². The zero-order chi connectivity index (χ0) is 11.3. The van der Waals surface area contributed by atoms with Crippen molar-refractivity contribution in [1.29, 1.82) is 0 Å². The van der Waals surface area contributed by atoms with Crippen LogP contribution in [0.2, 0.25) is 0 Å². The van der Waals surface area contributed by atoms with Gasteiger partial charge in [0.2, 0.25) is 5.91 Å². The predicted octanol–water partition coefficient (Wildman–Crippen LogP) is 0.0392. The predicted molar refractivity (Wildman–Crippen MR) is 61.4 cm³/mol. The largest absolute Gasteiger partial charge is 0.341 e. The van der Waals surface area contributed by atoms with Gasteiger partial charge in [-0.05, 0) is 18.9 Å². The average Bonchev–Trinajstić information content (AvgIpc) is 2.45. The Morgan fingerprint density at radius 1 is 1.40 bits per heavy atom. The summed E-state index contributed by atoms with van der Waals surface area (Å²) in [5, 5.41) is 3.29. The van der Waals surface area contributed by atoms with Crippen LogP contribution in [0.4, 0.5) is 0 Å². The van der Waals surface area contributed by atoms with E-state index in [9.17, 15) is 4.79 Å². The highest BCUT2D eigenvalue weighted by Crippen LogP contribution is 2.13. The van der Waals surface area contributed by atoms with Crippen LogP contribution in [0.25, 0.3) is 0 Å². The Labute approximate surface area is 92.2 Å². The molecule has 0 bridgehead atoms. The van der Waals surface area contributed by atoms with Crippen molar-refractivity contribution in [2.24, 2.45) is 17.6 Å². The van der Waals surface area contributed by atoms with E-state index in [1.54, 1.807) is 0 Å². The number of amides is 1. The smallest absolute Gasteiger partial charge is 0.227 e. The number of carbonyl (C=O) groups excluding carboxylic acids is 1. The molecule has 0 radical (unpaired) electrons. The summed E-state index contributed by atoms with van der Waals surface area (Å²) in [5.74, 6) is 0.554. The quantitative estimate of drug-likeness (QED) is 0.696. The molecule has 1 unspecified atom stereocenters. The number of hydrogen-bond acceptors (Lipinski definition) is 3. The molecule has 1 amide bonds. The van der Waals surface area contributed by atoms with Crippen molar-refractivity contribution in [2.45, 2.75) is 20.3 Å². The van der Waals surface area contributed by atoms with Crippen LogP contribution < -0.4 is 11.1 Å². The second kappa shape index (κ2) is 6.08. The molecule has 88 valence electrons. The van der Waals surface area contributed by atoms with Gasteiger partial charge in [0, 0.05) is 26.2 Å². The number of nitrogens with two attached hydrogens (primary N) is 1. The highest BCUT2D eigenvalue weighted by molar-refractivity contribution is 5.79. The summed E-state index contributed by atoms with van der Waals surface area (Å²) in [6.45, 7) is 8.19. The molecule has 0 saturated carbocycles. The third-order valence-corrected chi connectivity index (χ3v) is 3.03. The molecule has 0 aromatic rings. The van der Waals surface area contributed by atoms with Gasteiger partial charge >= 0.3 is 0 Å². The molecule has 1 rings (SSSR count). The van der Waals surface area contributed by atoms with E-state index in [-0.39, 0.29) is 11.8 Å². The molecule has 0 aromatic heterocycles. The number of hydrogen-bond donors (Lipinski definition) is 2. The molecule has 1 fully saturated rings. The lowest BCUT2D eigenvalue weighted by molar-refractivity contribution is -0.136. The Kier molecular flexibility index (Phi) is 5.05.